The van der Waals surface area contributed by atoms with E-state index in [4.69, 9.17) is 0 Å². The van der Waals surface area contributed by atoms with Crippen molar-refractivity contribution in [1.29, 1.82) is 0 Å². The Bertz CT molecular complexity index is 1120. The first-order valence-corrected chi connectivity index (χ1v) is 11.5. The molecule has 1 aliphatic rings. The molecule has 4 aromatic rings. The quantitative estimate of drug-likeness (QED) is 0.188. The second kappa shape index (κ2) is 6.99. The summed E-state index contributed by atoms with van der Waals surface area (Å²) in [5.74, 6) is 0. The summed E-state index contributed by atoms with van der Waals surface area (Å²) in [4.78, 5) is 0. The van der Waals surface area contributed by atoms with E-state index in [2.05, 4.69) is 143 Å². The van der Waals surface area contributed by atoms with Gasteiger partial charge in [0.1, 0.15) is 0 Å². The number of benzene rings is 4. The SMILES string of the molecule is Cc1ccc(C2(c3ccccc3)c3cc(I)ccc3-c3ccc(I)cc32)cc1. The molecule has 0 nitrogen and oxygen atoms in total. The van der Waals surface area contributed by atoms with Gasteiger partial charge in [-0.1, -0.05) is 72.3 Å². The average molecular weight is 584 g/mol. The van der Waals surface area contributed by atoms with E-state index in [1.165, 1.54) is 46.1 Å². The van der Waals surface area contributed by atoms with E-state index in [1.54, 1.807) is 0 Å². The largest absolute Gasteiger partial charge is 0.0714 e. The molecule has 0 amide bonds. The second-order valence-corrected chi connectivity index (χ2v) is 9.85. The fourth-order valence-corrected chi connectivity index (χ4v) is 5.53. The van der Waals surface area contributed by atoms with Crippen LogP contribution in [0.25, 0.3) is 11.1 Å². The Morgan fingerprint density at radius 2 is 1.07 bits per heavy atom. The van der Waals surface area contributed by atoms with Gasteiger partial charge in [-0.3, -0.25) is 0 Å². The molecule has 5 rings (SSSR count). The van der Waals surface area contributed by atoms with E-state index in [1.807, 2.05) is 0 Å². The molecule has 0 atom stereocenters. The lowest BCUT2D eigenvalue weighted by molar-refractivity contribution is 0.766. The standard InChI is InChI=1S/C26H18I2/c1-17-7-9-19(10-8-17)26(18-5-3-2-4-6-18)24-15-20(27)11-13-22(24)23-14-12-21(28)16-25(23)26/h2-16H,1H3. The van der Waals surface area contributed by atoms with Gasteiger partial charge in [-0.05, 0) is 110 Å². The molecular formula is C26H18I2. The first kappa shape index (κ1) is 18.4. The average Bonchev–Trinajstić information content (AvgIpc) is 2.99. The third-order valence-corrected chi connectivity index (χ3v) is 7.09. The third kappa shape index (κ3) is 2.68. The van der Waals surface area contributed by atoms with Gasteiger partial charge in [0.25, 0.3) is 0 Å². The van der Waals surface area contributed by atoms with E-state index in [0.717, 1.165) is 0 Å². The van der Waals surface area contributed by atoms with Crippen molar-refractivity contribution < 1.29 is 0 Å². The van der Waals surface area contributed by atoms with Crippen LogP contribution in [0.3, 0.4) is 0 Å². The molecular weight excluding hydrogens is 566 g/mol. The highest BCUT2D eigenvalue weighted by Crippen LogP contribution is 2.56. The van der Waals surface area contributed by atoms with Gasteiger partial charge in [0, 0.05) is 7.14 Å². The Morgan fingerprint density at radius 3 is 1.61 bits per heavy atom. The number of halogens is 2. The molecule has 1 aliphatic carbocycles. The first-order chi connectivity index (χ1) is 13.6. The summed E-state index contributed by atoms with van der Waals surface area (Å²) in [6, 6.07) is 33.8. The van der Waals surface area contributed by atoms with Crippen molar-refractivity contribution in [1.82, 2.24) is 0 Å². The van der Waals surface area contributed by atoms with Gasteiger partial charge < -0.3 is 0 Å². The molecule has 0 fully saturated rings. The summed E-state index contributed by atoms with van der Waals surface area (Å²) in [6.45, 7) is 2.15. The summed E-state index contributed by atoms with van der Waals surface area (Å²) < 4.78 is 2.54. The smallest absolute Gasteiger partial charge is 0.0622 e. The van der Waals surface area contributed by atoms with E-state index in [-0.39, 0.29) is 5.41 Å². The van der Waals surface area contributed by atoms with Crippen molar-refractivity contribution in [2.75, 3.05) is 0 Å². The van der Waals surface area contributed by atoms with Crippen molar-refractivity contribution in [2.24, 2.45) is 0 Å². The lowest BCUT2D eigenvalue weighted by atomic mass is 9.67. The van der Waals surface area contributed by atoms with Gasteiger partial charge in [-0.15, -0.1) is 0 Å². The minimum Gasteiger partial charge on any atom is -0.0622 e. The molecule has 2 heteroatoms. The van der Waals surface area contributed by atoms with Crippen LogP contribution in [0, 0.1) is 14.1 Å². The lowest BCUT2D eigenvalue weighted by Crippen LogP contribution is -2.28. The van der Waals surface area contributed by atoms with Crippen molar-refractivity contribution >= 4 is 45.2 Å². The molecule has 0 unspecified atom stereocenters. The van der Waals surface area contributed by atoms with Crippen LogP contribution in [0.5, 0.6) is 0 Å². The Hall–Kier alpha value is -1.66. The van der Waals surface area contributed by atoms with Crippen LogP contribution in [0.4, 0.5) is 0 Å². The summed E-state index contributed by atoms with van der Waals surface area (Å²) >= 11 is 4.88. The Balaban J connectivity index is 1.98. The Labute approximate surface area is 193 Å². The van der Waals surface area contributed by atoms with Gasteiger partial charge in [0.05, 0.1) is 5.41 Å². The number of hydrogen-bond acceptors (Lipinski definition) is 0. The highest BCUT2D eigenvalue weighted by atomic mass is 127. The van der Waals surface area contributed by atoms with Crippen molar-refractivity contribution in [3.05, 3.63) is 126 Å². The zero-order valence-corrected chi connectivity index (χ0v) is 19.7. The Kier molecular flexibility index (Phi) is 4.59. The summed E-state index contributed by atoms with van der Waals surface area (Å²) in [7, 11) is 0. The Morgan fingerprint density at radius 1 is 0.571 bits per heavy atom. The molecule has 0 bridgehead atoms. The maximum Gasteiger partial charge on any atom is 0.0714 e. The highest BCUT2D eigenvalue weighted by molar-refractivity contribution is 14.1. The van der Waals surface area contributed by atoms with Gasteiger partial charge in [0.15, 0.2) is 0 Å². The number of aryl methyl sites for hydroxylation is 1. The molecule has 0 saturated carbocycles. The summed E-state index contributed by atoms with van der Waals surface area (Å²) in [5.41, 5.74) is 9.10. The fraction of sp³-hybridized carbons (Fsp3) is 0.0769. The minimum absolute atomic E-state index is 0.290. The molecule has 28 heavy (non-hydrogen) atoms. The highest BCUT2D eigenvalue weighted by Gasteiger charge is 2.46. The van der Waals surface area contributed by atoms with Crippen LogP contribution in [-0.4, -0.2) is 0 Å². The van der Waals surface area contributed by atoms with Gasteiger partial charge >= 0.3 is 0 Å². The molecule has 0 spiro atoms. The maximum atomic E-state index is 2.44. The maximum absolute atomic E-state index is 2.44. The normalized spacial score (nSPS) is 13.8. The summed E-state index contributed by atoms with van der Waals surface area (Å²) in [5, 5.41) is 0. The van der Waals surface area contributed by atoms with Crippen molar-refractivity contribution in [2.45, 2.75) is 12.3 Å². The lowest BCUT2D eigenvalue weighted by Gasteiger charge is -2.34. The van der Waals surface area contributed by atoms with Crippen LogP contribution in [-0.2, 0) is 5.41 Å². The van der Waals surface area contributed by atoms with Crippen molar-refractivity contribution in [3.8, 4) is 11.1 Å². The molecule has 0 radical (unpaired) electrons. The molecule has 4 aromatic carbocycles. The summed E-state index contributed by atoms with van der Waals surface area (Å²) in [6.07, 6.45) is 0. The number of rotatable bonds is 2. The van der Waals surface area contributed by atoms with E-state index in [0.29, 0.717) is 0 Å². The van der Waals surface area contributed by atoms with Crippen LogP contribution in [0.1, 0.15) is 27.8 Å². The topological polar surface area (TPSA) is 0 Å². The van der Waals surface area contributed by atoms with Gasteiger partial charge in [0.2, 0.25) is 0 Å². The molecule has 0 saturated heterocycles. The third-order valence-electron chi connectivity index (χ3n) is 5.75. The van der Waals surface area contributed by atoms with Crippen LogP contribution in [0.15, 0.2) is 91.0 Å². The van der Waals surface area contributed by atoms with Crippen LogP contribution >= 0.6 is 45.2 Å². The van der Waals surface area contributed by atoms with Gasteiger partial charge in [-0.25, -0.2) is 0 Å². The van der Waals surface area contributed by atoms with Crippen LogP contribution in [0.2, 0.25) is 0 Å². The molecule has 0 heterocycles. The van der Waals surface area contributed by atoms with Gasteiger partial charge in [-0.2, -0.15) is 0 Å². The number of fused-ring (bicyclic) bond motifs is 3. The predicted octanol–water partition coefficient (Wildman–Crippen LogP) is 7.57. The van der Waals surface area contributed by atoms with E-state index >= 15 is 0 Å². The predicted molar refractivity (Wildman–Crippen MR) is 134 cm³/mol. The second-order valence-electron chi connectivity index (χ2n) is 7.36. The molecule has 0 N–H and O–H groups in total. The number of hydrogen-bond donors (Lipinski definition) is 0. The van der Waals surface area contributed by atoms with E-state index in [9.17, 15) is 0 Å². The van der Waals surface area contributed by atoms with E-state index < -0.39 is 0 Å². The molecule has 0 aliphatic heterocycles. The minimum atomic E-state index is -0.290. The molecule has 136 valence electrons. The first-order valence-electron chi connectivity index (χ1n) is 9.34. The monoisotopic (exact) mass is 584 g/mol. The van der Waals surface area contributed by atoms with Crippen LogP contribution < -0.4 is 0 Å². The fourth-order valence-electron chi connectivity index (χ4n) is 4.55. The van der Waals surface area contributed by atoms with Crippen molar-refractivity contribution in [3.63, 3.8) is 0 Å². The zero-order chi connectivity index (χ0) is 19.3. The zero-order valence-electron chi connectivity index (χ0n) is 15.4. The molecule has 0 aromatic heterocycles.